The molecule has 0 aromatic carbocycles. The third-order valence-electron chi connectivity index (χ3n) is 3.48. The molecule has 0 spiro atoms. The van der Waals surface area contributed by atoms with Crippen LogP contribution < -0.4 is 5.32 Å². The van der Waals surface area contributed by atoms with Crippen LogP contribution in [0.2, 0.25) is 0 Å². The van der Waals surface area contributed by atoms with Gasteiger partial charge in [0, 0.05) is 31.7 Å². The van der Waals surface area contributed by atoms with Gasteiger partial charge in [-0.1, -0.05) is 26.3 Å². The molecule has 0 radical (unpaired) electrons. The Kier molecular flexibility index (Phi) is 4.63. The lowest BCUT2D eigenvalue weighted by Gasteiger charge is -2.38. The lowest BCUT2D eigenvalue weighted by atomic mass is 9.96. The van der Waals surface area contributed by atoms with Crippen LogP contribution in [-0.4, -0.2) is 36.6 Å². The van der Waals surface area contributed by atoms with Gasteiger partial charge in [-0.3, -0.25) is 4.90 Å². The summed E-state index contributed by atoms with van der Waals surface area (Å²) < 4.78 is 0. The molecular formula is C12H24N2. The first-order valence-electron chi connectivity index (χ1n) is 5.79. The quantitative estimate of drug-likeness (QED) is 0.691. The van der Waals surface area contributed by atoms with Crippen LogP contribution in [0.15, 0.2) is 12.7 Å². The first kappa shape index (κ1) is 11.7. The van der Waals surface area contributed by atoms with E-state index in [0.29, 0.717) is 12.1 Å². The number of nitrogens with zero attached hydrogens (tertiary/aromatic N) is 1. The highest BCUT2D eigenvalue weighted by Crippen LogP contribution is 2.14. The Morgan fingerprint density at radius 2 is 2.29 bits per heavy atom. The van der Waals surface area contributed by atoms with Crippen LogP contribution in [-0.2, 0) is 0 Å². The number of hydrogen-bond donors (Lipinski definition) is 1. The maximum Gasteiger partial charge on any atom is 0.0248 e. The summed E-state index contributed by atoms with van der Waals surface area (Å²) in [4.78, 5) is 2.51. The van der Waals surface area contributed by atoms with E-state index in [1.54, 1.807) is 0 Å². The van der Waals surface area contributed by atoms with Crippen molar-refractivity contribution in [2.24, 2.45) is 5.92 Å². The minimum Gasteiger partial charge on any atom is -0.311 e. The first-order chi connectivity index (χ1) is 6.69. The van der Waals surface area contributed by atoms with Crippen molar-refractivity contribution in [3.05, 3.63) is 12.7 Å². The third-order valence-corrected chi connectivity index (χ3v) is 3.48. The van der Waals surface area contributed by atoms with Gasteiger partial charge in [-0.2, -0.15) is 0 Å². The van der Waals surface area contributed by atoms with E-state index in [-0.39, 0.29) is 0 Å². The van der Waals surface area contributed by atoms with E-state index in [0.717, 1.165) is 19.0 Å². The Labute approximate surface area is 88.4 Å². The molecule has 0 amide bonds. The molecule has 2 heteroatoms. The molecule has 14 heavy (non-hydrogen) atoms. The van der Waals surface area contributed by atoms with Gasteiger partial charge in [0.15, 0.2) is 0 Å². The second-order valence-corrected chi connectivity index (χ2v) is 4.42. The van der Waals surface area contributed by atoms with Gasteiger partial charge in [0.2, 0.25) is 0 Å². The van der Waals surface area contributed by atoms with Gasteiger partial charge < -0.3 is 5.32 Å². The Hall–Kier alpha value is -0.340. The summed E-state index contributed by atoms with van der Waals surface area (Å²) in [6, 6.07) is 1.18. The lowest BCUT2D eigenvalue weighted by Crippen LogP contribution is -2.55. The predicted molar refractivity (Wildman–Crippen MR) is 62.5 cm³/mol. The van der Waals surface area contributed by atoms with E-state index in [2.05, 4.69) is 37.6 Å². The normalized spacial score (nSPS) is 28.4. The number of piperazine rings is 1. The zero-order valence-corrected chi connectivity index (χ0v) is 9.79. The zero-order chi connectivity index (χ0) is 10.6. The van der Waals surface area contributed by atoms with Gasteiger partial charge in [0.25, 0.3) is 0 Å². The van der Waals surface area contributed by atoms with Crippen LogP contribution in [0.25, 0.3) is 0 Å². The fraction of sp³-hybridized carbons (Fsp3) is 0.833. The van der Waals surface area contributed by atoms with Crippen LogP contribution >= 0.6 is 0 Å². The van der Waals surface area contributed by atoms with Gasteiger partial charge in [-0.05, 0) is 12.8 Å². The van der Waals surface area contributed by atoms with Crippen LogP contribution in [0.3, 0.4) is 0 Å². The molecule has 82 valence electrons. The van der Waals surface area contributed by atoms with E-state index in [1.807, 2.05) is 6.08 Å². The van der Waals surface area contributed by atoms with Crippen molar-refractivity contribution in [3.63, 3.8) is 0 Å². The second kappa shape index (κ2) is 5.52. The van der Waals surface area contributed by atoms with Gasteiger partial charge in [0.1, 0.15) is 0 Å². The maximum absolute atomic E-state index is 3.86. The SMILES string of the molecule is C=CC(C)N1CCNC(C(C)CC)C1. The number of hydrogen-bond acceptors (Lipinski definition) is 2. The molecule has 0 aliphatic carbocycles. The average Bonchev–Trinajstić information content (AvgIpc) is 2.27. The van der Waals surface area contributed by atoms with Crippen LogP contribution in [0, 0.1) is 5.92 Å². The molecule has 1 N–H and O–H groups in total. The lowest BCUT2D eigenvalue weighted by molar-refractivity contribution is 0.149. The van der Waals surface area contributed by atoms with Gasteiger partial charge >= 0.3 is 0 Å². The molecule has 3 atom stereocenters. The molecule has 1 aliphatic rings. The predicted octanol–water partition coefficient (Wildman–Crippen LogP) is 1.88. The summed E-state index contributed by atoms with van der Waals surface area (Å²) in [6.45, 7) is 14.1. The fourth-order valence-electron chi connectivity index (χ4n) is 1.99. The van der Waals surface area contributed by atoms with Gasteiger partial charge in [-0.25, -0.2) is 0 Å². The van der Waals surface area contributed by atoms with Crippen molar-refractivity contribution < 1.29 is 0 Å². The largest absolute Gasteiger partial charge is 0.311 e. The molecule has 3 unspecified atom stereocenters. The molecule has 1 heterocycles. The minimum atomic E-state index is 0.517. The van der Waals surface area contributed by atoms with Crippen molar-refractivity contribution in [2.75, 3.05) is 19.6 Å². The van der Waals surface area contributed by atoms with E-state index < -0.39 is 0 Å². The maximum atomic E-state index is 3.86. The standard InChI is InChI=1S/C12H24N2/c1-5-10(3)12-9-14(8-7-13-12)11(4)6-2/h6,10-13H,2,5,7-9H2,1,3-4H3. The first-order valence-corrected chi connectivity index (χ1v) is 5.79. The van der Waals surface area contributed by atoms with Crippen molar-refractivity contribution >= 4 is 0 Å². The molecule has 2 nitrogen and oxygen atoms in total. The van der Waals surface area contributed by atoms with Crippen LogP contribution in [0.1, 0.15) is 27.2 Å². The molecule has 0 saturated carbocycles. The van der Waals surface area contributed by atoms with Gasteiger partial charge in [0.05, 0.1) is 0 Å². The smallest absolute Gasteiger partial charge is 0.0248 e. The molecule has 1 saturated heterocycles. The topological polar surface area (TPSA) is 15.3 Å². The minimum absolute atomic E-state index is 0.517. The Morgan fingerprint density at radius 3 is 2.86 bits per heavy atom. The van der Waals surface area contributed by atoms with Crippen molar-refractivity contribution in [1.82, 2.24) is 10.2 Å². The van der Waals surface area contributed by atoms with E-state index in [1.165, 1.54) is 13.0 Å². The average molecular weight is 196 g/mol. The van der Waals surface area contributed by atoms with Gasteiger partial charge in [-0.15, -0.1) is 6.58 Å². The highest BCUT2D eigenvalue weighted by Gasteiger charge is 2.24. The third kappa shape index (κ3) is 2.82. The molecular weight excluding hydrogens is 172 g/mol. The van der Waals surface area contributed by atoms with Crippen molar-refractivity contribution in [3.8, 4) is 0 Å². The highest BCUT2D eigenvalue weighted by atomic mass is 15.2. The second-order valence-electron chi connectivity index (χ2n) is 4.42. The van der Waals surface area contributed by atoms with E-state index in [9.17, 15) is 0 Å². The van der Waals surface area contributed by atoms with E-state index in [4.69, 9.17) is 0 Å². The summed E-state index contributed by atoms with van der Waals surface area (Å²) in [5.41, 5.74) is 0. The summed E-state index contributed by atoms with van der Waals surface area (Å²) >= 11 is 0. The van der Waals surface area contributed by atoms with Crippen LogP contribution in [0.4, 0.5) is 0 Å². The molecule has 1 fully saturated rings. The summed E-state index contributed by atoms with van der Waals surface area (Å²) in [6.07, 6.45) is 3.30. The number of nitrogens with one attached hydrogen (secondary N) is 1. The highest BCUT2D eigenvalue weighted by molar-refractivity contribution is 4.90. The number of rotatable bonds is 4. The Bertz CT molecular complexity index is 179. The van der Waals surface area contributed by atoms with Crippen molar-refractivity contribution in [2.45, 2.75) is 39.3 Å². The summed E-state index contributed by atoms with van der Waals surface area (Å²) in [5, 5.41) is 3.60. The fourth-order valence-corrected chi connectivity index (χ4v) is 1.99. The van der Waals surface area contributed by atoms with E-state index >= 15 is 0 Å². The molecule has 1 aliphatic heterocycles. The molecule has 0 aromatic heterocycles. The Morgan fingerprint density at radius 1 is 1.57 bits per heavy atom. The van der Waals surface area contributed by atoms with Crippen molar-refractivity contribution in [1.29, 1.82) is 0 Å². The summed E-state index contributed by atoms with van der Waals surface area (Å²) in [7, 11) is 0. The van der Waals surface area contributed by atoms with Crippen LogP contribution in [0.5, 0.6) is 0 Å². The molecule has 0 bridgehead atoms. The zero-order valence-electron chi connectivity index (χ0n) is 9.79. The molecule has 1 rings (SSSR count). The Balaban J connectivity index is 2.46. The summed E-state index contributed by atoms with van der Waals surface area (Å²) in [5.74, 6) is 0.773. The molecule has 0 aromatic rings. The monoisotopic (exact) mass is 196 g/mol.